The van der Waals surface area contributed by atoms with Gasteiger partial charge < -0.3 is 9.80 Å². The van der Waals surface area contributed by atoms with Gasteiger partial charge in [0.05, 0.1) is 12.7 Å². The van der Waals surface area contributed by atoms with Crippen molar-refractivity contribution in [1.82, 2.24) is 29.8 Å². The first-order valence-corrected chi connectivity index (χ1v) is 9.48. The summed E-state index contributed by atoms with van der Waals surface area (Å²) >= 11 is 0. The van der Waals surface area contributed by atoms with Gasteiger partial charge >= 0.3 is 0 Å². The highest BCUT2D eigenvalue weighted by Gasteiger charge is 2.22. The molecule has 1 fully saturated rings. The minimum absolute atomic E-state index is 0.0897. The molecule has 3 aromatic rings. The first-order chi connectivity index (χ1) is 13.6. The maximum absolute atomic E-state index is 13.0. The Morgan fingerprint density at radius 1 is 1.11 bits per heavy atom. The van der Waals surface area contributed by atoms with Gasteiger partial charge in [-0.15, -0.1) is 5.10 Å². The van der Waals surface area contributed by atoms with Crippen molar-refractivity contribution in [2.45, 2.75) is 13.5 Å². The summed E-state index contributed by atoms with van der Waals surface area (Å²) < 4.78 is 1.77. The standard InChI is InChI=1S/C21H24N6O/c1-16-11-18(13-22-12-16)20-15-27(24-23-20)14-17-5-3-4-6-19(17)21(28)26-9-7-25(2)8-10-26/h3-6,11-13,15H,7-10,14H2,1-2H3. The van der Waals surface area contributed by atoms with E-state index < -0.39 is 0 Å². The van der Waals surface area contributed by atoms with Crippen molar-refractivity contribution in [2.75, 3.05) is 33.2 Å². The van der Waals surface area contributed by atoms with Gasteiger partial charge in [-0.1, -0.05) is 23.4 Å². The number of pyridine rings is 1. The van der Waals surface area contributed by atoms with E-state index in [1.54, 1.807) is 10.9 Å². The number of piperazine rings is 1. The van der Waals surface area contributed by atoms with Crippen molar-refractivity contribution in [3.63, 3.8) is 0 Å². The van der Waals surface area contributed by atoms with Crippen LogP contribution in [0.5, 0.6) is 0 Å². The summed E-state index contributed by atoms with van der Waals surface area (Å²) in [4.78, 5) is 21.4. The Balaban J connectivity index is 1.54. The molecule has 28 heavy (non-hydrogen) atoms. The third kappa shape index (κ3) is 3.94. The molecule has 7 nitrogen and oxygen atoms in total. The van der Waals surface area contributed by atoms with Gasteiger partial charge in [0.15, 0.2) is 0 Å². The van der Waals surface area contributed by atoms with E-state index in [9.17, 15) is 4.79 Å². The Hall–Kier alpha value is -3.06. The van der Waals surface area contributed by atoms with Crippen LogP contribution in [0.15, 0.2) is 48.9 Å². The van der Waals surface area contributed by atoms with Crippen molar-refractivity contribution in [3.05, 3.63) is 65.6 Å². The molecule has 0 aliphatic carbocycles. The lowest BCUT2D eigenvalue weighted by molar-refractivity contribution is 0.0663. The van der Waals surface area contributed by atoms with Crippen molar-refractivity contribution >= 4 is 5.91 Å². The fraction of sp³-hybridized carbons (Fsp3) is 0.333. The molecule has 0 bridgehead atoms. The van der Waals surface area contributed by atoms with E-state index in [2.05, 4.69) is 27.2 Å². The Kier molecular flexibility index (Phi) is 5.16. The highest BCUT2D eigenvalue weighted by atomic mass is 16.2. The largest absolute Gasteiger partial charge is 0.336 e. The fourth-order valence-corrected chi connectivity index (χ4v) is 3.42. The van der Waals surface area contributed by atoms with E-state index >= 15 is 0 Å². The molecule has 1 saturated heterocycles. The van der Waals surface area contributed by atoms with Crippen LogP contribution in [0.3, 0.4) is 0 Å². The van der Waals surface area contributed by atoms with Gasteiger partial charge in [-0.3, -0.25) is 9.78 Å². The molecule has 1 aromatic carbocycles. The summed E-state index contributed by atoms with van der Waals surface area (Å²) in [6.45, 7) is 5.84. The Morgan fingerprint density at radius 3 is 2.68 bits per heavy atom. The zero-order chi connectivity index (χ0) is 19.5. The van der Waals surface area contributed by atoms with E-state index in [1.807, 2.05) is 54.5 Å². The summed E-state index contributed by atoms with van der Waals surface area (Å²) in [5, 5.41) is 8.52. The first kappa shape index (κ1) is 18.3. The van der Waals surface area contributed by atoms with Crippen LogP contribution in [0.25, 0.3) is 11.3 Å². The molecular weight excluding hydrogens is 352 g/mol. The lowest BCUT2D eigenvalue weighted by Crippen LogP contribution is -2.47. The van der Waals surface area contributed by atoms with Gasteiger partial charge in [-0.05, 0) is 37.2 Å². The highest BCUT2D eigenvalue weighted by Crippen LogP contribution is 2.18. The third-order valence-electron chi connectivity index (χ3n) is 5.08. The van der Waals surface area contributed by atoms with Crippen LogP contribution in [-0.2, 0) is 6.54 Å². The summed E-state index contributed by atoms with van der Waals surface area (Å²) in [5.74, 6) is 0.0897. The molecule has 0 radical (unpaired) electrons. The number of carbonyl (C=O) groups excluding carboxylic acids is 1. The number of aromatic nitrogens is 4. The number of rotatable bonds is 4. The zero-order valence-corrected chi connectivity index (χ0v) is 16.2. The molecule has 1 aliphatic rings. The van der Waals surface area contributed by atoms with Gasteiger partial charge in [0, 0.05) is 49.7 Å². The molecule has 0 unspecified atom stereocenters. The van der Waals surface area contributed by atoms with Gasteiger partial charge in [0.2, 0.25) is 0 Å². The average molecular weight is 376 g/mol. The van der Waals surface area contributed by atoms with Crippen molar-refractivity contribution in [3.8, 4) is 11.3 Å². The molecule has 4 rings (SSSR count). The summed E-state index contributed by atoms with van der Waals surface area (Å²) in [6, 6.07) is 9.79. The van der Waals surface area contributed by atoms with E-state index in [4.69, 9.17) is 0 Å². The number of nitrogens with zero attached hydrogens (tertiary/aromatic N) is 6. The second-order valence-electron chi connectivity index (χ2n) is 7.30. The Morgan fingerprint density at radius 2 is 1.89 bits per heavy atom. The first-order valence-electron chi connectivity index (χ1n) is 9.48. The SMILES string of the molecule is Cc1cncc(-c2cn(Cc3ccccc3C(=O)N3CCN(C)CC3)nn2)c1. The number of hydrogen-bond donors (Lipinski definition) is 0. The lowest BCUT2D eigenvalue weighted by atomic mass is 10.1. The van der Waals surface area contributed by atoms with Crippen molar-refractivity contribution < 1.29 is 4.79 Å². The molecule has 144 valence electrons. The van der Waals surface area contributed by atoms with Crippen LogP contribution in [-0.4, -0.2) is 68.9 Å². The number of benzene rings is 1. The molecule has 3 heterocycles. The number of aryl methyl sites for hydroxylation is 1. The maximum atomic E-state index is 13.0. The molecule has 0 spiro atoms. The number of hydrogen-bond acceptors (Lipinski definition) is 5. The average Bonchev–Trinajstić information content (AvgIpc) is 3.17. The van der Waals surface area contributed by atoms with Crippen LogP contribution in [0.1, 0.15) is 21.5 Å². The number of likely N-dealkylation sites (N-methyl/N-ethyl adjacent to an activating group) is 1. The van der Waals surface area contributed by atoms with Gasteiger partial charge in [0.25, 0.3) is 5.91 Å². The second-order valence-corrected chi connectivity index (χ2v) is 7.30. The van der Waals surface area contributed by atoms with Gasteiger partial charge in [-0.25, -0.2) is 4.68 Å². The summed E-state index contributed by atoms with van der Waals surface area (Å²) in [6.07, 6.45) is 5.49. The maximum Gasteiger partial charge on any atom is 0.254 e. The molecule has 0 saturated carbocycles. The van der Waals surface area contributed by atoms with Crippen molar-refractivity contribution in [2.24, 2.45) is 0 Å². The quantitative estimate of drug-likeness (QED) is 0.697. The normalized spacial score (nSPS) is 15.0. The van der Waals surface area contributed by atoms with Crippen LogP contribution >= 0.6 is 0 Å². The fourth-order valence-electron chi connectivity index (χ4n) is 3.42. The topological polar surface area (TPSA) is 67.2 Å². The summed E-state index contributed by atoms with van der Waals surface area (Å²) in [5.41, 5.74) is 4.48. The predicted molar refractivity (Wildman–Crippen MR) is 107 cm³/mol. The van der Waals surface area contributed by atoms with E-state index in [0.29, 0.717) is 6.54 Å². The van der Waals surface area contributed by atoms with E-state index in [0.717, 1.165) is 54.1 Å². The molecule has 1 amide bonds. The van der Waals surface area contributed by atoms with Crippen LogP contribution in [0.4, 0.5) is 0 Å². The summed E-state index contributed by atoms with van der Waals surface area (Å²) in [7, 11) is 2.09. The number of carbonyl (C=O) groups is 1. The lowest BCUT2D eigenvalue weighted by Gasteiger charge is -2.32. The smallest absolute Gasteiger partial charge is 0.254 e. The molecule has 1 aliphatic heterocycles. The van der Waals surface area contributed by atoms with Crippen LogP contribution < -0.4 is 0 Å². The van der Waals surface area contributed by atoms with Gasteiger partial charge in [0.1, 0.15) is 5.69 Å². The Labute approximate surface area is 164 Å². The van der Waals surface area contributed by atoms with Gasteiger partial charge in [-0.2, -0.15) is 0 Å². The predicted octanol–water partition coefficient (Wildman–Crippen LogP) is 2.08. The second kappa shape index (κ2) is 7.90. The van der Waals surface area contributed by atoms with E-state index in [-0.39, 0.29) is 5.91 Å². The Bertz CT molecular complexity index is 974. The zero-order valence-electron chi connectivity index (χ0n) is 16.2. The molecule has 0 N–H and O–H groups in total. The molecule has 7 heteroatoms. The minimum Gasteiger partial charge on any atom is -0.336 e. The van der Waals surface area contributed by atoms with Crippen LogP contribution in [0, 0.1) is 6.92 Å². The third-order valence-corrected chi connectivity index (χ3v) is 5.08. The monoisotopic (exact) mass is 376 g/mol. The molecule has 0 atom stereocenters. The molecule has 2 aromatic heterocycles. The number of amides is 1. The van der Waals surface area contributed by atoms with E-state index in [1.165, 1.54) is 0 Å². The van der Waals surface area contributed by atoms with Crippen molar-refractivity contribution in [1.29, 1.82) is 0 Å². The molecular formula is C21H24N6O. The minimum atomic E-state index is 0.0897. The highest BCUT2D eigenvalue weighted by molar-refractivity contribution is 5.95. The van der Waals surface area contributed by atoms with Crippen LogP contribution in [0.2, 0.25) is 0 Å².